The summed E-state index contributed by atoms with van der Waals surface area (Å²) < 4.78 is 5.14. The molecular weight excluding hydrogens is 432 g/mol. The SMILES string of the molecule is CNC(=O)C(Cc1ccc(OC)cc1)N(CC(N)=O)C(=O)CC(S)C(CC(C)C)C(N)=O. The average Bonchev–Trinajstić information content (AvgIpc) is 2.73. The highest BCUT2D eigenvalue weighted by atomic mass is 32.1. The molecule has 1 aromatic rings. The summed E-state index contributed by atoms with van der Waals surface area (Å²) >= 11 is 4.45. The third kappa shape index (κ3) is 8.41. The second kappa shape index (κ2) is 12.9. The van der Waals surface area contributed by atoms with E-state index < -0.39 is 47.4 Å². The van der Waals surface area contributed by atoms with Crippen molar-refractivity contribution in [3.63, 3.8) is 0 Å². The fourth-order valence-electron chi connectivity index (χ4n) is 3.45. The van der Waals surface area contributed by atoms with Crippen molar-refractivity contribution in [3.8, 4) is 5.75 Å². The van der Waals surface area contributed by atoms with Crippen LogP contribution >= 0.6 is 12.6 Å². The zero-order valence-electron chi connectivity index (χ0n) is 19.0. The summed E-state index contributed by atoms with van der Waals surface area (Å²) in [6.45, 7) is 3.43. The number of carbonyl (C=O) groups is 4. The minimum absolute atomic E-state index is 0.158. The topological polar surface area (TPSA) is 145 Å². The number of nitrogens with two attached hydrogens (primary N) is 2. The molecule has 0 aliphatic carbocycles. The number of likely N-dealkylation sites (N-methyl/N-ethyl adjacent to an activating group) is 1. The zero-order valence-corrected chi connectivity index (χ0v) is 19.9. The fraction of sp³-hybridized carbons (Fsp3) is 0.545. The van der Waals surface area contributed by atoms with Gasteiger partial charge in [0.05, 0.1) is 13.0 Å². The number of carbonyl (C=O) groups excluding carboxylic acids is 4. The normalized spacial score (nSPS) is 13.7. The molecule has 0 fully saturated rings. The van der Waals surface area contributed by atoms with Gasteiger partial charge in [0.1, 0.15) is 18.3 Å². The zero-order chi connectivity index (χ0) is 24.4. The van der Waals surface area contributed by atoms with Gasteiger partial charge in [-0.2, -0.15) is 12.6 Å². The Kier molecular flexibility index (Phi) is 11.0. The number of ether oxygens (including phenoxy) is 1. The van der Waals surface area contributed by atoms with Crippen molar-refractivity contribution in [2.75, 3.05) is 20.7 Å². The largest absolute Gasteiger partial charge is 0.497 e. The van der Waals surface area contributed by atoms with Crippen LogP contribution in [0.1, 0.15) is 32.3 Å². The molecular formula is C22H34N4O5S. The lowest BCUT2D eigenvalue weighted by atomic mass is 9.91. The van der Waals surface area contributed by atoms with Gasteiger partial charge in [-0.1, -0.05) is 26.0 Å². The van der Waals surface area contributed by atoms with Crippen LogP contribution in [0, 0.1) is 11.8 Å². The van der Waals surface area contributed by atoms with Crippen molar-refractivity contribution in [3.05, 3.63) is 29.8 Å². The molecule has 0 aromatic heterocycles. The molecule has 0 aliphatic rings. The molecule has 178 valence electrons. The summed E-state index contributed by atoms with van der Waals surface area (Å²) in [5.74, 6) is -2.07. The van der Waals surface area contributed by atoms with Crippen LogP contribution in [-0.4, -0.2) is 60.5 Å². The molecule has 1 rings (SSSR count). The average molecular weight is 467 g/mol. The van der Waals surface area contributed by atoms with Crippen LogP contribution in [0.4, 0.5) is 0 Å². The van der Waals surface area contributed by atoms with Gasteiger partial charge in [-0.25, -0.2) is 0 Å². The van der Waals surface area contributed by atoms with Crippen molar-refractivity contribution < 1.29 is 23.9 Å². The Balaban J connectivity index is 3.17. The van der Waals surface area contributed by atoms with E-state index in [1.54, 1.807) is 31.4 Å². The Morgan fingerprint density at radius 1 is 1.12 bits per heavy atom. The predicted molar refractivity (Wildman–Crippen MR) is 125 cm³/mol. The van der Waals surface area contributed by atoms with E-state index in [1.807, 2.05) is 13.8 Å². The van der Waals surface area contributed by atoms with Crippen molar-refractivity contribution in [2.24, 2.45) is 23.3 Å². The molecule has 32 heavy (non-hydrogen) atoms. The molecule has 3 atom stereocenters. The molecule has 10 heteroatoms. The van der Waals surface area contributed by atoms with Crippen LogP contribution in [0.25, 0.3) is 0 Å². The second-order valence-electron chi connectivity index (χ2n) is 8.08. The number of nitrogens with zero attached hydrogens (tertiary/aromatic N) is 1. The smallest absolute Gasteiger partial charge is 0.242 e. The lowest BCUT2D eigenvalue weighted by molar-refractivity contribution is -0.143. The van der Waals surface area contributed by atoms with Crippen LogP contribution in [0.2, 0.25) is 0 Å². The molecule has 0 spiro atoms. The van der Waals surface area contributed by atoms with Gasteiger partial charge in [0.25, 0.3) is 0 Å². The van der Waals surface area contributed by atoms with Crippen LogP contribution < -0.4 is 21.5 Å². The van der Waals surface area contributed by atoms with E-state index in [1.165, 1.54) is 7.05 Å². The van der Waals surface area contributed by atoms with Gasteiger partial charge in [0, 0.05) is 25.1 Å². The number of benzene rings is 1. The molecule has 0 saturated heterocycles. The van der Waals surface area contributed by atoms with Crippen molar-refractivity contribution in [2.45, 2.75) is 44.4 Å². The number of amides is 4. The molecule has 0 bridgehead atoms. The summed E-state index contributed by atoms with van der Waals surface area (Å²) in [5.41, 5.74) is 11.6. The number of hydrogen-bond donors (Lipinski definition) is 4. The van der Waals surface area contributed by atoms with E-state index in [0.717, 1.165) is 10.5 Å². The maximum absolute atomic E-state index is 13.2. The Morgan fingerprint density at radius 2 is 1.72 bits per heavy atom. The highest BCUT2D eigenvalue weighted by Crippen LogP contribution is 2.24. The number of methoxy groups -OCH3 is 1. The van der Waals surface area contributed by atoms with E-state index >= 15 is 0 Å². The molecule has 3 unspecified atom stereocenters. The number of hydrogen-bond acceptors (Lipinski definition) is 6. The third-order valence-electron chi connectivity index (χ3n) is 5.10. The number of thiol groups is 1. The first-order valence-electron chi connectivity index (χ1n) is 10.4. The van der Waals surface area contributed by atoms with Crippen molar-refractivity contribution >= 4 is 36.3 Å². The number of rotatable bonds is 13. The van der Waals surface area contributed by atoms with Gasteiger partial charge < -0.3 is 26.4 Å². The molecule has 0 aliphatic heterocycles. The predicted octanol–water partition coefficient (Wildman–Crippen LogP) is 0.502. The highest BCUT2D eigenvalue weighted by Gasteiger charge is 2.34. The van der Waals surface area contributed by atoms with Crippen molar-refractivity contribution in [1.82, 2.24) is 10.2 Å². The van der Waals surface area contributed by atoms with Crippen LogP contribution in [0.15, 0.2) is 24.3 Å². The Bertz CT molecular complexity index is 800. The Labute approximate surface area is 194 Å². The minimum atomic E-state index is -0.981. The third-order valence-corrected chi connectivity index (χ3v) is 5.64. The maximum atomic E-state index is 13.2. The van der Waals surface area contributed by atoms with Gasteiger partial charge in [0.15, 0.2) is 0 Å². The molecule has 0 heterocycles. The summed E-state index contributed by atoms with van der Waals surface area (Å²) in [6, 6.07) is 6.04. The first-order chi connectivity index (χ1) is 15.0. The van der Waals surface area contributed by atoms with Gasteiger partial charge >= 0.3 is 0 Å². The molecule has 0 radical (unpaired) electrons. The van der Waals surface area contributed by atoms with Gasteiger partial charge in [-0.15, -0.1) is 0 Å². The lowest BCUT2D eigenvalue weighted by Crippen LogP contribution is -2.53. The Morgan fingerprint density at radius 3 is 2.16 bits per heavy atom. The fourth-order valence-corrected chi connectivity index (χ4v) is 3.87. The van der Waals surface area contributed by atoms with Crippen LogP contribution in [-0.2, 0) is 25.6 Å². The quantitative estimate of drug-likeness (QED) is 0.313. The molecule has 4 amide bonds. The summed E-state index contributed by atoms with van der Waals surface area (Å²) in [4.78, 5) is 50.6. The molecule has 1 aromatic carbocycles. The second-order valence-corrected chi connectivity index (χ2v) is 8.74. The van der Waals surface area contributed by atoms with E-state index in [0.29, 0.717) is 12.2 Å². The summed E-state index contributed by atoms with van der Waals surface area (Å²) in [7, 11) is 2.99. The van der Waals surface area contributed by atoms with Crippen molar-refractivity contribution in [1.29, 1.82) is 0 Å². The van der Waals surface area contributed by atoms with Crippen LogP contribution in [0.3, 0.4) is 0 Å². The number of primary amides is 2. The molecule has 0 saturated carbocycles. The lowest BCUT2D eigenvalue weighted by Gasteiger charge is -2.31. The Hall–Kier alpha value is -2.75. The first kappa shape index (κ1) is 27.3. The molecule has 5 N–H and O–H groups in total. The van der Waals surface area contributed by atoms with E-state index in [-0.39, 0.29) is 18.8 Å². The van der Waals surface area contributed by atoms with Gasteiger partial charge in [0.2, 0.25) is 23.6 Å². The summed E-state index contributed by atoms with van der Waals surface area (Å²) in [5, 5.41) is 1.87. The number of nitrogens with one attached hydrogen (secondary N) is 1. The standard InChI is InChI=1S/C22H34N4O5S/c1-13(2)9-16(21(24)29)18(32)11-20(28)26(12-19(23)27)17(22(30)25-3)10-14-5-7-15(31-4)8-6-14/h5-8,13,16-18,32H,9-12H2,1-4H3,(H2,23,27)(H2,24,29)(H,25,30). The van der Waals surface area contributed by atoms with E-state index in [2.05, 4.69) is 17.9 Å². The first-order valence-corrected chi connectivity index (χ1v) is 10.9. The van der Waals surface area contributed by atoms with E-state index in [4.69, 9.17) is 16.2 Å². The minimum Gasteiger partial charge on any atom is -0.497 e. The highest BCUT2D eigenvalue weighted by molar-refractivity contribution is 7.81. The van der Waals surface area contributed by atoms with Crippen LogP contribution in [0.5, 0.6) is 5.75 Å². The monoisotopic (exact) mass is 466 g/mol. The van der Waals surface area contributed by atoms with Gasteiger partial charge in [-0.3, -0.25) is 19.2 Å². The molecule has 9 nitrogen and oxygen atoms in total. The summed E-state index contributed by atoms with van der Waals surface area (Å²) in [6.07, 6.45) is 0.454. The van der Waals surface area contributed by atoms with E-state index in [9.17, 15) is 19.2 Å². The van der Waals surface area contributed by atoms with Gasteiger partial charge in [-0.05, 0) is 30.0 Å². The maximum Gasteiger partial charge on any atom is 0.242 e.